The van der Waals surface area contributed by atoms with Crippen LogP contribution in [0.15, 0.2) is 15.3 Å². The third-order valence-electron chi connectivity index (χ3n) is 2.33. The van der Waals surface area contributed by atoms with Gasteiger partial charge in [0, 0.05) is 6.61 Å². The Morgan fingerprint density at radius 3 is 2.55 bits per heavy atom. The van der Waals surface area contributed by atoms with Crippen molar-refractivity contribution in [2.24, 2.45) is 0 Å². The lowest BCUT2D eigenvalue weighted by atomic mass is 10.1. The number of aromatic nitrogens is 1. The first-order chi connectivity index (χ1) is 10.1. The van der Waals surface area contributed by atoms with Crippen molar-refractivity contribution < 1.29 is 28.6 Å². The zero-order valence-electron chi connectivity index (χ0n) is 12.8. The number of carbonyl (C=O) groups is 2. The van der Waals surface area contributed by atoms with Crippen LogP contribution >= 0.6 is 15.9 Å². The van der Waals surface area contributed by atoms with E-state index in [2.05, 4.69) is 26.2 Å². The van der Waals surface area contributed by atoms with Crippen LogP contribution in [0.25, 0.3) is 0 Å². The lowest BCUT2D eigenvalue weighted by Gasteiger charge is -2.25. The first-order valence-corrected chi connectivity index (χ1v) is 7.38. The van der Waals surface area contributed by atoms with E-state index >= 15 is 0 Å². The molecule has 2 atom stereocenters. The Labute approximate surface area is 136 Å². The Balaban J connectivity index is 2.94. The largest absolute Gasteiger partial charge is 0.480 e. The molecule has 8 nitrogen and oxygen atoms in total. The molecule has 1 aromatic rings. The number of rotatable bonds is 6. The van der Waals surface area contributed by atoms with E-state index in [0.29, 0.717) is 4.67 Å². The Bertz CT molecular complexity index is 525. The number of nitrogens with zero attached hydrogens (tertiary/aromatic N) is 1. The molecule has 0 saturated heterocycles. The molecule has 1 amide bonds. The lowest BCUT2D eigenvalue weighted by molar-refractivity contribution is -0.144. The van der Waals surface area contributed by atoms with Gasteiger partial charge in [-0.3, -0.25) is 0 Å². The van der Waals surface area contributed by atoms with E-state index in [-0.39, 0.29) is 12.5 Å². The Morgan fingerprint density at radius 1 is 1.50 bits per heavy atom. The normalized spacial score (nSPS) is 14.2. The molecule has 0 spiro atoms. The quantitative estimate of drug-likeness (QED) is 0.781. The van der Waals surface area contributed by atoms with Crippen LogP contribution in [-0.4, -0.2) is 40.4 Å². The average molecular weight is 379 g/mol. The summed E-state index contributed by atoms with van der Waals surface area (Å²) in [6.07, 6.45) is -0.579. The fourth-order valence-electron chi connectivity index (χ4n) is 1.59. The molecular formula is C13H19BrN2O6. The van der Waals surface area contributed by atoms with Crippen molar-refractivity contribution in [3.63, 3.8) is 0 Å². The molecule has 0 aliphatic heterocycles. The topological polar surface area (TPSA) is 111 Å². The number of hydrogen-bond donors (Lipinski definition) is 2. The monoisotopic (exact) mass is 378 g/mol. The molecule has 0 saturated carbocycles. The van der Waals surface area contributed by atoms with E-state index in [1.54, 1.807) is 27.7 Å². The highest BCUT2D eigenvalue weighted by molar-refractivity contribution is 9.10. The first kappa shape index (κ1) is 18.4. The van der Waals surface area contributed by atoms with Crippen LogP contribution in [0.3, 0.4) is 0 Å². The van der Waals surface area contributed by atoms with E-state index in [1.807, 2.05) is 0 Å². The summed E-state index contributed by atoms with van der Waals surface area (Å²) in [5.74, 6) is -1.25. The molecule has 1 heterocycles. The summed E-state index contributed by atoms with van der Waals surface area (Å²) in [7, 11) is 0. The molecule has 0 fully saturated rings. The molecule has 1 rings (SSSR count). The van der Waals surface area contributed by atoms with E-state index in [1.165, 1.54) is 6.20 Å². The molecule has 0 aliphatic carbocycles. The van der Waals surface area contributed by atoms with Gasteiger partial charge in [-0.05, 0) is 43.6 Å². The van der Waals surface area contributed by atoms with Gasteiger partial charge in [-0.25, -0.2) is 14.6 Å². The van der Waals surface area contributed by atoms with Gasteiger partial charge in [-0.1, -0.05) is 0 Å². The molecule has 0 bridgehead atoms. The van der Waals surface area contributed by atoms with Crippen molar-refractivity contribution in [2.45, 2.75) is 45.4 Å². The fourth-order valence-corrected chi connectivity index (χ4v) is 1.86. The summed E-state index contributed by atoms with van der Waals surface area (Å²) < 4.78 is 16.0. The van der Waals surface area contributed by atoms with E-state index in [0.717, 1.165) is 0 Å². The Morgan fingerprint density at radius 2 is 2.14 bits per heavy atom. The summed E-state index contributed by atoms with van der Waals surface area (Å²) in [5.41, 5.74) is -0.750. The van der Waals surface area contributed by atoms with Gasteiger partial charge in [-0.2, -0.15) is 0 Å². The van der Waals surface area contributed by atoms with Gasteiger partial charge in [0.15, 0.2) is 16.8 Å². The van der Waals surface area contributed by atoms with Crippen LogP contribution in [0.2, 0.25) is 0 Å². The molecule has 0 aromatic carbocycles. The summed E-state index contributed by atoms with van der Waals surface area (Å²) in [6.45, 7) is 6.93. The van der Waals surface area contributed by atoms with Gasteiger partial charge in [0.1, 0.15) is 5.60 Å². The number of carboxylic acid groups (broad SMARTS) is 1. The van der Waals surface area contributed by atoms with Gasteiger partial charge in [-0.15, -0.1) is 0 Å². The standard InChI is InChI=1S/C13H19BrN2O6/c1-5-20-9(10-15-6-7(14)21-10)8(11(17)18)16-12(19)22-13(2,3)4/h6,8-9H,5H2,1-4H3,(H,16,19)(H,17,18). The van der Waals surface area contributed by atoms with Crippen LogP contribution in [0.4, 0.5) is 4.79 Å². The van der Waals surface area contributed by atoms with Crippen LogP contribution < -0.4 is 5.32 Å². The molecule has 2 N–H and O–H groups in total. The van der Waals surface area contributed by atoms with Crippen LogP contribution in [-0.2, 0) is 14.3 Å². The van der Waals surface area contributed by atoms with Crippen molar-refractivity contribution in [1.29, 1.82) is 0 Å². The number of alkyl carbamates (subject to hydrolysis) is 1. The van der Waals surface area contributed by atoms with Crippen LogP contribution in [0.5, 0.6) is 0 Å². The van der Waals surface area contributed by atoms with E-state index < -0.39 is 29.8 Å². The lowest BCUT2D eigenvalue weighted by Crippen LogP contribution is -2.47. The number of nitrogens with one attached hydrogen (secondary N) is 1. The van der Waals surface area contributed by atoms with Crippen LogP contribution in [0, 0.1) is 0 Å². The van der Waals surface area contributed by atoms with Gasteiger partial charge >= 0.3 is 12.1 Å². The third-order valence-corrected chi connectivity index (χ3v) is 2.69. The molecule has 9 heteroatoms. The molecule has 22 heavy (non-hydrogen) atoms. The molecule has 1 aromatic heterocycles. The zero-order chi connectivity index (χ0) is 16.9. The first-order valence-electron chi connectivity index (χ1n) is 6.59. The molecule has 0 radical (unpaired) electrons. The van der Waals surface area contributed by atoms with Crippen molar-refractivity contribution in [3.05, 3.63) is 16.8 Å². The van der Waals surface area contributed by atoms with E-state index in [4.69, 9.17) is 13.9 Å². The summed E-state index contributed by atoms with van der Waals surface area (Å²) in [4.78, 5) is 27.2. The SMILES string of the molecule is CCOC(c1ncc(Br)o1)C(NC(=O)OC(C)(C)C)C(=O)O. The summed E-state index contributed by atoms with van der Waals surface area (Å²) >= 11 is 3.08. The molecule has 2 unspecified atom stereocenters. The van der Waals surface area contributed by atoms with E-state index in [9.17, 15) is 14.7 Å². The predicted molar refractivity (Wildman–Crippen MR) is 79.4 cm³/mol. The highest BCUT2D eigenvalue weighted by atomic mass is 79.9. The number of carbonyl (C=O) groups excluding carboxylic acids is 1. The van der Waals surface area contributed by atoms with Crippen LogP contribution in [0.1, 0.15) is 39.7 Å². The average Bonchev–Trinajstić information content (AvgIpc) is 2.77. The van der Waals surface area contributed by atoms with Crippen molar-refractivity contribution in [3.8, 4) is 0 Å². The molecular weight excluding hydrogens is 360 g/mol. The number of hydrogen-bond acceptors (Lipinski definition) is 6. The predicted octanol–water partition coefficient (Wildman–Crippen LogP) is 2.49. The number of ether oxygens (including phenoxy) is 2. The minimum atomic E-state index is -1.40. The van der Waals surface area contributed by atoms with Crippen molar-refractivity contribution in [1.82, 2.24) is 10.3 Å². The number of carboxylic acids is 1. The zero-order valence-corrected chi connectivity index (χ0v) is 14.3. The maximum atomic E-state index is 11.8. The van der Waals surface area contributed by atoms with Gasteiger partial charge in [0.05, 0.1) is 6.20 Å². The minimum Gasteiger partial charge on any atom is -0.480 e. The maximum absolute atomic E-state index is 11.8. The second kappa shape index (κ2) is 7.59. The van der Waals surface area contributed by atoms with Gasteiger partial charge < -0.3 is 24.3 Å². The third kappa shape index (κ3) is 5.64. The Hall–Kier alpha value is -1.61. The highest BCUT2D eigenvalue weighted by Gasteiger charge is 2.36. The van der Waals surface area contributed by atoms with Crippen molar-refractivity contribution >= 4 is 28.0 Å². The fraction of sp³-hybridized carbons (Fsp3) is 0.615. The second-order valence-electron chi connectivity index (χ2n) is 5.34. The molecule has 124 valence electrons. The summed E-state index contributed by atoms with van der Waals surface area (Å²) in [5, 5.41) is 11.6. The van der Waals surface area contributed by atoms with Gasteiger partial charge in [0.2, 0.25) is 5.89 Å². The summed E-state index contributed by atoms with van der Waals surface area (Å²) in [6, 6.07) is -1.40. The highest BCUT2D eigenvalue weighted by Crippen LogP contribution is 2.24. The molecule has 0 aliphatic rings. The smallest absolute Gasteiger partial charge is 0.408 e. The maximum Gasteiger partial charge on any atom is 0.408 e. The second-order valence-corrected chi connectivity index (χ2v) is 6.12. The number of halogens is 1. The number of amides is 1. The number of oxazole rings is 1. The Kier molecular flexibility index (Phi) is 6.36. The van der Waals surface area contributed by atoms with Gasteiger partial charge in [0.25, 0.3) is 0 Å². The van der Waals surface area contributed by atoms with Crippen molar-refractivity contribution in [2.75, 3.05) is 6.61 Å². The minimum absolute atomic E-state index is 0.0391. The number of aliphatic carboxylic acids is 1.